The van der Waals surface area contributed by atoms with Gasteiger partial charge in [0.15, 0.2) is 0 Å². The molecule has 12 nitrogen and oxygen atoms in total. The Morgan fingerprint density at radius 3 is 1.44 bits per heavy atom. The minimum absolute atomic E-state index is 0.0942. The normalized spacial score (nSPS) is 24.1. The van der Waals surface area contributed by atoms with Crippen molar-refractivity contribution in [1.82, 2.24) is 20.0 Å². The van der Waals surface area contributed by atoms with Gasteiger partial charge in [0.05, 0.1) is 63.7 Å². The molecular weight excluding hydrogens is 580 g/mol. The van der Waals surface area contributed by atoms with Gasteiger partial charge < -0.3 is 43.7 Å². The summed E-state index contributed by atoms with van der Waals surface area (Å²) in [5.41, 5.74) is 1.42. The largest absolute Gasteiger partial charge is 0.445 e. The van der Waals surface area contributed by atoms with E-state index in [0.717, 1.165) is 24.2 Å². The van der Waals surface area contributed by atoms with Gasteiger partial charge in [-0.1, -0.05) is 60.7 Å². The van der Waals surface area contributed by atoms with Gasteiger partial charge >= 0.3 is 18.3 Å². The second-order valence-electron chi connectivity index (χ2n) is 12.7. The SMILES string of the molecule is CC(C)(C)OC(=O)N1CC2CN(C(=O)OCc3ccccc3)CC(C1)O2.O=C(OCc1ccccc1)N1CC2CNCC(C1)O2. The zero-order valence-corrected chi connectivity index (χ0v) is 26.3. The molecule has 4 aliphatic heterocycles. The van der Waals surface area contributed by atoms with Gasteiger partial charge in [0.25, 0.3) is 0 Å². The molecule has 244 valence electrons. The molecule has 2 aromatic rings. The number of hydrogen-bond donors (Lipinski definition) is 1. The highest BCUT2D eigenvalue weighted by molar-refractivity contribution is 5.70. The monoisotopic (exact) mass is 624 g/mol. The van der Waals surface area contributed by atoms with Crippen LogP contribution in [0.25, 0.3) is 0 Å². The first-order chi connectivity index (χ1) is 21.6. The number of hydrogen-bond acceptors (Lipinski definition) is 9. The summed E-state index contributed by atoms with van der Waals surface area (Å²) in [4.78, 5) is 41.7. The van der Waals surface area contributed by atoms with Crippen LogP contribution in [0.15, 0.2) is 60.7 Å². The topological polar surface area (TPSA) is 119 Å². The second-order valence-corrected chi connectivity index (χ2v) is 12.7. The number of carbonyl (C=O) groups excluding carboxylic acids is 3. The number of morpholine rings is 4. The molecule has 4 unspecified atom stereocenters. The maximum Gasteiger partial charge on any atom is 0.410 e. The van der Waals surface area contributed by atoms with E-state index in [4.69, 9.17) is 23.7 Å². The van der Waals surface area contributed by atoms with Crippen molar-refractivity contribution >= 4 is 18.3 Å². The summed E-state index contributed by atoms with van der Waals surface area (Å²) in [6.45, 7) is 10.6. The lowest BCUT2D eigenvalue weighted by Crippen LogP contribution is -2.61. The molecule has 4 atom stereocenters. The molecule has 0 spiro atoms. The molecule has 4 saturated heterocycles. The van der Waals surface area contributed by atoms with Crippen molar-refractivity contribution in [3.63, 3.8) is 0 Å². The molecule has 4 fully saturated rings. The second kappa shape index (κ2) is 14.9. The Hall–Kier alpha value is -3.87. The van der Waals surface area contributed by atoms with Crippen LogP contribution < -0.4 is 5.32 Å². The number of carbonyl (C=O) groups is 3. The van der Waals surface area contributed by atoms with Crippen LogP contribution in [-0.2, 0) is 36.9 Å². The van der Waals surface area contributed by atoms with Gasteiger partial charge in [-0.2, -0.15) is 0 Å². The van der Waals surface area contributed by atoms with Crippen LogP contribution in [0.4, 0.5) is 14.4 Å². The summed E-state index contributed by atoms with van der Waals surface area (Å²) in [6, 6.07) is 19.3. The maximum atomic E-state index is 12.3. The number of benzene rings is 2. The van der Waals surface area contributed by atoms with E-state index >= 15 is 0 Å². The number of rotatable bonds is 4. The Labute approximate surface area is 264 Å². The minimum atomic E-state index is -0.530. The predicted octanol–water partition coefficient (Wildman–Crippen LogP) is 3.64. The fourth-order valence-electron chi connectivity index (χ4n) is 5.64. The Morgan fingerprint density at radius 2 is 1.02 bits per heavy atom. The summed E-state index contributed by atoms with van der Waals surface area (Å²) in [6.07, 6.45) is -1.19. The fraction of sp³-hybridized carbons (Fsp3) is 0.545. The summed E-state index contributed by atoms with van der Waals surface area (Å²) >= 11 is 0. The van der Waals surface area contributed by atoms with E-state index in [1.54, 1.807) is 14.7 Å². The standard InChI is InChI=1S/C19H26N2O5.C14H18N2O3/c1-19(2,3)26-18(23)21-11-15-9-20(10-16(12-21)25-15)17(22)24-13-14-7-5-4-6-8-14;17-14(18-10-11-4-2-1-3-5-11)16-8-12-6-15-7-13(9-16)19-12/h4-8,15-16H,9-13H2,1-3H3;1-5,12-13,15H,6-10H2. The van der Waals surface area contributed by atoms with E-state index in [-0.39, 0.29) is 49.3 Å². The number of ether oxygens (including phenoxy) is 5. The van der Waals surface area contributed by atoms with Crippen LogP contribution in [0.2, 0.25) is 0 Å². The molecule has 6 rings (SSSR count). The Morgan fingerprint density at radius 1 is 0.644 bits per heavy atom. The van der Waals surface area contributed by atoms with Crippen LogP contribution >= 0.6 is 0 Å². The first kappa shape index (κ1) is 32.5. The third-order valence-electron chi connectivity index (χ3n) is 7.64. The molecule has 1 N–H and O–H groups in total. The zero-order valence-electron chi connectivity index (χ0n) is 26.3. The van der Waals surface area contributed by atoms with Crippen molar-refractivity contribution in [3.8, 4) is 0 Å². The van der Waals surface area contributed by atoms with Gasteiger partial charge in [-0.15, -0.1) is 0 Å². The zero-order chi connectivity index (χ0) is 31.8. The van der Waals surface area contributed by atoms with Gasteiger partial charge in [0, 0.05) is 13.1 Å². The van der Waals surface area contributed by atoms with Crippen LogP contribution in [0.1, 0.15) is 31.9 Å². The first-order valence-corrected chi connectivity index (χ1v) is 15.5. The lowest BCUT2D eigenvalue weighted by Gasteiger charge is -2.45. The molecule has 12 heteroatoms. The molecule has 0 aromatic heterocycles. The smallest absolute Gasteiger partial charge is 0.410 e. The highest BCUT2D eigenvalue weighted by atomic mass is 16.6. The maximum absolute atomic E-state index is 12.3. The van der Waals surface area contributed by atoms with Crippen molar-refractivity contribution in [2.75, 3.05) is 52.4 Å². The molecule has 45 heavy (non-hydrogen) atoms. The van der Waals surface area contributed by atoms with Crippen molar-refractivity contribution in [2.24, 2.45) is 0 Å². The van der Waals surface area contributed by atoms with E-state index in [1.165, 1.54) is 0 Å². The van der Waals surface area contributed by atoms with E-state index in [2.05, 4.69) is 5.32 Å². The van der Waals surface area contributed by atoms with Gasteiger partial charge in [0.1, 0.15) is 18.8 Å². The summed E-state index contributed by atoms with van der Waals surface area (Å²) in [5.74, 6) is 0. The molecule has 4 aliphatic rings. The quantitative estimate of drug-likeness (QED) is 0.509. The average Bonchev–Trinajstić information content (AvgIpc) is 3.02. The van der Waals surface area contributed by atoms with Crippen LogP contribution in [0, 0.1) is 0 Å². The Bertz CT molecular complexity index is 1250. The van der Waals surface area contributed by atoms with Crippen LogP contribution in [-0.4, -0.2) is 115 Å². The van der Waals surface area contributed by atoms with Gasteiger partial charge in [0.2, 0.25) is 0 Å². The number of nitrogens with one attached hydrogen (secondary N) is 1. The molecule has 4 heterocycles. The van der Waals surface area contributed by atoms with Gasteiger partial charge in [-0.25, -0.2) is 14.4 Å². The minimum Gasteiger partial charge on any atom is -0.445 e. The summed E-state index contributed by atoms with van der Waals surface area (Å²) < 4.78 is 27.8. The number of fused-ring (bicyclic) bond motifs is 4. The lowest BCUT2D eigenvalue weighted by molar-refractivity contribution is -0.131. The highest BCUT2D eigenvalue weighted by Gasteiger charge is 2.40. The van der Waals surface area contributed by atoms with E-state index in [1.807, 2.05) is 81.4 Å². The third kappa shape index (κ3) is 9.81. The summed E-state index contributed by atoms with van der Waals surface area (Å²) in [5, 5.41) is 3.30. The summed E-state index contributed by atoms with van der Waals surface area (Å²) in [7, 11) is 0. The average molecular weight is 625 g/mol. The van der Waals surface area contributed by atoms with Crippen molar-refractivity contribution in [3.05, 3.63) is 71.8 Å². The van der Waals surface area contributed by atoms with E-state index in [9.17, 15) is 14.4 Å². The van der Waals surface area contributed by atoms with E-state index in [0.29, 0.717) is 45.9 Å². The highest BCUT2D eigenvalue weighted by Crippen LogP contribution is 2.22. The molecule has 0 radical (unpaired) electrons. The lowest BCUT2D eigenvalue weighted by atomic mass is 10.1. The Kier molecular flexibility index (Phi) is 10.8. The third-order valence-corrected chi connectivity index (χ3v) is 7.64. The number of nitrogens with zero attached hydrogens (tertiary/aromatic N) is 3. The van der Waals surface area contributed by atoms with Crippen molar-refractivity contribution in [2.45, 2.75) is 64.0 Å². The van der Waals surface area contributed by atoms with Crippen LogP contribution in [0.5, 0.6) is 0 Å². The molecular formula is C33H44N4O8. The van der Waals surface area contributed by atoms with Crippen LogP contribution in [0.3, 0.4) is 0 Å². The van der Waals surface area contributed by atoms with Crippen molar-refractivity contribution < 1.29 is 38.1 Å². The van der Waals surface area contributed by atoms with Crippen molar-refractivity contribution in [1.29, 1.82) is 0 Å². The molecule has 0 aliphatic carbocycles. The molecule has 2 aromatic carbocycles. The predicted molar refractivity (Wildman–Crippen MR) is 164 cm³/mol. The van der Waals surface area contributed by atoms with Gasteiger partial charge in [-0.3, -0.25) is 0 Å². The van der Waals surface area contributed by atoms with Gasteiger partial charge in [-0.05, 0) is 31.9 Å². The van der Waals surface area contributed by atoms with E-state index < -0.39 is 5.60 Å². The first-order valence-electron chi connectivity index (χ1n) is 15.5. The number of amides is 3. The molecule has 4 bridgehead atoms. The molecule has 3 amide bonds. The molecule has 0 saturated carbocycles. The Balaban J connectivity index is 0.000000186. The fourth-order valence-corrected chi connectivity index (χ4v) is 5.64.